The zero-order valence-electron chi connectivity index (χ0n) is 9.14. The largest absolute Gasteiger partial charge is 0.388 e. The van der Waals surface area contributed by atoms with Crippen LogP contribution in [0.5, 0.6) is 0 Å². The molecule has 17 heavy (non-hydrogen) atoms. The Morgan fingerprint density at radius 1 is 1.71 bits per heavy atom. The molecule has 1 amide bonds. The number of amides is 1. The van der Waals surface area contributed by atoms with Crippen molar-refractivity contribution in [1.82, 2.24) is 15.3 Å². The molecule has 0 aliphatic carbocycles. The lowest BCUT2D eigenvalue weighted by Gasteiger charge is -2.11. The minimum atomic E-state index is 0.0922. The highest BCUT2D eigenvalue weighted by molar-refractivity contribution is 7.80. The molecule has 90 valence electrons. The molecular formula is C10H13N5OS. The average Bonchev–Trinajstić information content (AvgIpc) is 2.73. The van der Waals surface area contributed by atoms with E-state index in [1.165, 1.54) is 0 Å². The molecule has 1 unspecified atom stereocenters. The molecule has 1 aliphatic rings. The molecule has 0 aromatic carbocycles. The second kappa shape index (κ2) is 5.05. The molecule has 4 N–H and O–H groups in total. The molecule has 1 fully saturated rings. The first-order valence-corrected chi connectivity index (χ1v) is 5.72. The number of nitrogens with zero attached hydrogens (tertiary/aromatic N) is 2. The van der Waals surface area contributed by atoms with Crippen LogP contribution in [0.2, 0.25) is 0 Å². The number of thiocarbonyl (C=S) groups is 1. The van der Waals surface area contributed by atoms with E-state index in [9.17, 15) is 4.79 Å². The Labute approximate surface area is 104 Å². The van der Waals surface area contributed by atoms with Gasteiger partial charge in [0.1, 0.15) is 10.7 Å². The lowest BCUT2D eigenvalue weighted by atomic mass is 10.2. The summed E-state index contributed by atoms with van der Waals surface area (Å²) in [6.45, 7) is 0.604. The van der Waals surface area contributed by atoms with Gasteiger partial charge < -0.3 is 16.4 Å². The number of nitrogens with one attached hydrogen (secondary N) is 2. The monoisotopic (exact) mass is 251 g/mol. The average molecular weight is 251 g/mol. The number of aromatic nitrogens is 2. The van der Waals surface area contributed by atoms with Gasteiger partial charge in [0, 0.05) is 25.2 Å². The van der Waals surface area contributed by atoms with Crippen LogP contribution >= 0.6 is 12.2 Å². The van der Waals surface area contributed by atoms with Crippen LogP contribution in [0, 0.1) is 0 Å². The number of hydrogen-bond donors (Lipinski definition) is 3. The van der Waals surface area contributed by atoms with Crippen LogP contribution < -0.4 is 16.4 Å². The van der Waals surface area contributed by atoms with Crippen molar-refractivity contribution in [3.63, 3.8) is 0 Å². The third kappa shape index (κ3) is 3.10. The molecule has 1 saturated heterocycles. The van der Waals surface area contributed by atoms with Crippen LogP contribution in [0.1, 0.15) is 18.5 Å². The van der Waals surface area contributed by atoms with Crippen LogP contribution in [0.4, 0.5) is 5.95 Å². The van der Waals surface area contributed by atoms with E-state index in [1.54, 1.807) is 12.3 Å². The molecule has 0 spiro atoms. The summed E-state index contributed by atoms with van der Waals surface area (Å²) < 4.78 is 0. The van der Waals surface area contributed by atoms with Gasteiger partial charge in [-0.3, -0.25) is 4.79 Å². The third-order valence-corrected chi connectivity index (χ3v) is 2.71. The van der Waals surface area contributed by atoms with E-state index in [1.807, 2.05) is 0 Å². The Morgan fingerprint density at radius 3 is 3.18 bits per heavy atom. The van der Waals surface area contributed by atoms with Crippen molar-refractivity contribution in [3.8, 4) is 0 Å². The van der Waals surface area contributed by atoms with Crippen LogP contribution in [-0.2, 0) is 4.79 Å². The Balaban J connectivity index is 1.92. The van der Waals surface area contributed by atoms with E-state index in [-0.39, 0.29) is 16.9 Å². The van der Waals surface area contributed by atoms with E-state index in [2.05, 4.69) is 20.6 Å². The van der Waals surface area contributed by atoms with E-state index < -0.39 is 0 Å². The summed E-state index contributed by atoms with van der Waals surface area (Å²) in [7, 11) is 0. The summed E-state index contributed by atoms with van der Waals surface area (Å²) in [5.74, 6) is 0.561. The second-order valence-corrected chi connectivity index (χ2v) is 4.25. The summed E-state index contributed by atoms with van der Waals surface area (Å²) in [4.78, 5) is 19.4. The maximum Gasteiger partial charge on any atom is 0.223 e. The van der Waals surface area contributed by atoms with Crippen molar-refractivity contribution in [2.24, 2.45) is 5.73 Å². The van der Waals surface area contributed by atoms with Crippen LogP contribution in [-0.4, -0.2) is 33.5 Å². The summed E-state index contributed by atoms with van der Waals surface area (Å²) >= 11 is 4.83. The Hall–Kier alpha value is -1.76. The lowest BCUT2D eigenvalue weighted by molar-refractivity contribution is -0.119. The predicted molar refractivity (Wildman–Crippen MR) is 67.6 cm³/mol. The van der Waals surface area contributed by atoms with E-state index in [0.717, 1.165) is 6.42 Å². The summed E-state index contributed by atoms with van der Waals surface area (Å²) in [5, 5.41) is 5.90. The first-order valence-electron chi connectivity index (χ1n) is 5.31. The maximum atomic E-state index is 11.0. The Kier molecular flexibility index (Phi) is 3.48. The minimum absolute atomic E-state index is 0.0922. The van der Waals surface area contributed by atoms with Gasteiger partial charge in [-0.05, 0) is 12.5 Å². The zero-order chi connectivity index (χ0) is 12.3. The molecule has 7 heteroatoms. The molecule has 1 aromatic rings. The van der Waals surface area contributed by atoms with Gasteiger partial charge in [-0.25, -0.2) is 9.97 Å². The van der Waals surface area contributed by atoms with E-state index in [4.69, 9.17) is 18.0 Å². The SMILES string of the molecule is NC(=S)c1ccnc(NCC2CCC(=O)N2)n1. The molecule has 2 heterocycles. The van der Waals surface area contributed by atoms with Gasteiger partial charge in [0.2, 0.25) is 11.9 Å². The minimum Gasteiger partial charge on any atom is -0.388 e. The summed E-state index contributed by atoms with van der Waals surface area (Å²) in [6.07, 6.45) is 3.01. The normalized spacial score (nSPS) is 18.8. The van der Waals surface area contributed by atoms with Gasteiger partial charge in [0.15, 0.2) is 0 Å². The fourth-order valence-electron chi connectivity index (χ4n) is 1.63. The quantitative estimate of drug-likeness (QED) is 0.642. The van der Waals surface area contributed by atoms with Crippen molar-refractivity contribution in [2.75, 3.05) is 11.9 Å². The van der Waals surface area contributed by atoms with Gasteiger partial charge in [-0.15, -0.1) is 0 Å². The van der Waals surface area contributed by atoms with Gasteiger partial charge in [-0.2, -0.15) is 0 Å². The molecule has 1 aliphatic heterocycles. The number of anilines is 1. The Bertz CT molecular complexity index is 450. The molecule has 6 nitrogen and oxygen atoms in total. The van der Waals surface area contributed by atoms with E-state index >= 15 is 0 Å². The highest BCUT2D eigenvalue weighted by atomic mass is 32.1. The fourth-order valence-corrected chi connectivity index (χ4v) is 1.74. The predicted octanol–water partition coefficient (Wildman–Crippen LogP) is -0.199. The standard InChI is InChI=1S/C10H13N5OS/c11-9(17)7-3-4-12-10(15-7)13-5-6-1-2-8(16)14-6/h3-4,6H,1-2,5H2,(H2,11,17)(H,14,16)(H,12,13,15). The molecule has 1 atom stereocenters. The fraction of sp³-hybridized carbons (Fsp3) is 0.400. The first kappa shape index (κ1) is 11.7. The van der Waals surface area contributed by atoms with Crippen molar-refractivity contribution in [3.05, 3.63) is 18.0 Å². The van der Waals surface area contributed by atoms with Crippen molar-refractivity contribution in [1.29, 1.82) is 0 Å². The van der Waals surface area contributed by atoms with Crippen molar-refractivity contribution < 1.29 is 4.79 Å². The Morgan fingerprint density at radius 2 is 2.53 bits per heavy atom. The highest BCUT2D eigenvalue weighted by Gasteiger charge is 2.20. The molecule has 2 rings (SSSR count). The molecule has 0 bridgehead atoms. The van der Waals surface area contributed by atoms with Gasteiger partial charge in [0.05, 0.1) is 0 Å². The number of rotatable bonds is 4. The lowest BCUT2D eigenvalue weighted by Crippen LogP contribution is -2.32. The molecular weight excluding hydrogens is 238 g/mol. The number of nitrogens with two attached hydrogens (primary N) is 1. The van der Waals surface area contributed by atoms with Gasteiger partial charge in [0.25, 0.3) is 0 Å². The number of hydrogen-bond acceptors (Lipinski definition) is 5. The highest BCUT2D eigenvalue weighted by Crippen LogP contribution is 2.07. The van der Waals surface area contributed by atoms with Crippen LogP contribution in [0.25, 0.3) is 0 Å². The number of carbonyl (C=O) groups excluding carboxylic acids is 1. The molecule has 0 radical (unpaired) electrons. The van der Waals surface area contributed by atoms with Crippen LogP contribution in [0.15, 0.2) is 12.3 Å². The van der Waals surface area contributed by atoms with Gasteiger partial charge >= 0.3 is 0 Å². The van der Waals surface area contributed by atoms with Crippen molar-refractivity contribution >= 4 is 29.1 Å². The topological polar surface area (TPSA) is 92.9 Å². The van der Waals surface area contributed by atoms with Crippen LogP contribution in [0.3, 0.4) is 0 Å². The zero-order valence-corrected chi connectivity index (χ0v) is 9.96. The second-order valence-electron chi connectivity index (χ2n) is 3.81. The maximum absolute atomic E-state index is 11.0. The van der Waals surface area contributed by atoms with Gasteiger partial charge in [-0.1, -0.05) is 12.2 Å². The third-order valence-electron chi connectivity index (χ3n) is 2.50. The first-order chi connectivity index (χ1) is 8.15. The molecule has 1 aromatic heterocycles. The van der Waals surface area contributed by atoms with E-state index in [0.29, 0.717) is 24.6 Å². The summed E-state index contributed by atoms with van der Waals surface area (Å²) in [5.41, 5.74) is 6.01. The van der Waals surface area contributed by atoms with Crippen molar-refractivity contribution in [2.45, 2.75) is 18.9 Å². The summed E-state index contributed by atoms with van der Waals surface area (Å²) in [6, 6.07) is 1.80. The number of carbonyl (C=O) groups is 1. The smallest absolute Gasteiger partial charge is 0.223 e. The molecule has 0 saturated carbocycles.